The molecule has 0 spiro atoms. The highest BCUT2D eigenvalue weighted by atomic mass is 16.1. The molecule has 0 aromatic rings. The molecule has 1 rings (SSSR count). The van der Waals surface area contributed by atoms with Crippen LogP contribution in [0.25, 0.3) is 0 Å². The van der Waals surface area contributed by atoms with Crippen LogP contribution in [-0.2, 0) is 4.79 Å². The molecule has 0 radical (unpaired) electrons. The zero-order chi connectivity index (χ0) is 11.1. The Kier molecular flexibility index (Phi) is 5.62. The topological polar surface area (TPSA) is 43.1 Å². The SMILES string of the molecule is C=CCCC(=O)C(N)CC1CCCCC1. The highest BCUT2D eigenvalue weighted by Crippen LogP contribution is 2.27. The summed E-state index contributed by atoms with van der Waals surface area (Å²) in [6, 6.07) is -0.229. The molecule has 2 nitrogen and oxygen atoms in total. The van der Waals surface area contributed by atoms with Crippen molar-refractivity contribution < 1.29 is 4.79 Å². The van der Waals surface area contributed by atoms with Crippen molar-refractivity contribution in [2.24, 2.45) is 11.7 Å². The van der Waals surface area contributed by atoms with E-state index < -0.39 is 0 Å². The Morgan fingerprint density at radius 2 is 2.07 bits per heavy atom. The molecule has 0 saturated heterocycles. The van der Waals surface area contributed by atoms with Gasteiger partial charge in [-0.3, -0.25) is 4.79 Å². The summed E-state index contributed by atoms with van der Waals surface area (Å²) < 4.78 is 0. The third-order valence-electron chi connectivity index (χ3n) is 3.32. The zero-order valence-electron chi connectivity index (χ0n) is 9.58. The van der Waals surface area contributed by atoms with Gasteiger partial charge in [0, 0.05) is 6.42 Å². The van der Waals surface area contributed by atoms with Crippen molar-refractivity contribution in [1.29, 1.82) is 0 Å². The second kappa shape index (κ2) is 6.78. The van der Waals surface area contributed by atoms with Crippen LogP contribution in [0.1, 0.15) is 51.4 Å². The van der Waals surface area contributed by atoms with Crippen LogP contribution >= 0.6 is 0 Å². The molecule has 1 fully saturated rings. The van der Waals surface area contributed by atoms with E-state index in [2.05, 4.69) is 6.58 Å². The molecule has 2 heteroatoms. The van der Waals surface area contributed by atoms with Crippen molar-refractivity contribution in [3.63, 3.8) is 0 Å². The fourth-order valence-corrected chi connectivity index (χ4v) is 2.34. The summed E-state index contributed by atoms with van der Waals surface area (Å²) in [4.78, 5) is 11.6. The summed E-state index contributed by atoms with van der Waals surface area (Å²) in [7, 11) is 0. The molecule has 1 aliphatic carbocycles. The standard InChI is InChI=1S/C13H23NO/c1-2-3-9-13(15)12(14)10-11-7-5-4-6-8-11/h2,11-12H,1,3-10,14H2. The lowest BCUT2D eigenvalue weighted by molar-refractivity contribution is -0.120. The van der Waals surface area contributed by atoms with Crippen LogP contribution in [0, 0.1) is 5.92 Å². The molecule has 15 heavy (non-hydrogen) atoms. The molecule has 1 aliphatic rings. The fraction of sp³-hybridized carbons (Fsp3) is 0.769. The van der Waals surface area contributed by atoms with Crippen molar-refractivity contribution in [3.05, 3.63) is 12.7 Å². The van der Waals surface area contributed by atoms with Gasteiger partial charge in [-0.15, -0.1) is 6.58 Å². The van der Waals surface area contributed by atoms with E-state index in [1.807, 2.05) is 0 Å². The minimum absolute atomic E-state index is 0.209. The molecule has 0 amide bonds. The molecule has 0 aliphatic heterocycles. The third kappa shape index (κ3) is 4.61. The second-order valence-corrected chi connectivity index (χ2v) is 4.64. The van der Waals surface area contributed by atoms with Crippen molar-refractivity contribution in [3.8, 4) is 0 Å². The minimum Gasteiger partial charge on any atom is -0.322 e. The van der Waals surface area contributed by atoms with E-state index in [-0.39, 0.29) is 11.8 Å². The zero-order valence-corrected chi connectivity index (χ0v) is 9.58. The predicted molar refractivity (Wildman–Crippen MR) is 63.6 cm³/mol. The highest BCUT2D eigenvalue weighted by molar-refractivity contribution is 5.83. The maximum absolute atomic E-state index is 11.6. The average Bonchev–Trinajstić information content (AvgIpc) is 2.27. The number of carbonyl (C=O) groups is 1. The first-order valence-corrected chi connectivity index (χ1v) is 6.13. The van der Waals surface area contributed by atoms with Gasteiger partial charge in [-0.05, 0) is 18.8 Å². The lowest BCUT2D eigenvalue weighted by atomic mass is 9.84. The number of rotatable bonds is 6. The fourth-order valence-electron chi connectivity index (χ4n) is 2.34. The monoisotopic (exact) mass is 209 g/mol. The number of hydrogen-bond donors (Lipinski definition) is 1. The lowest BCUT2D eigenvalue weighted by Gasteiger charge is -2.23. The van der Waals surface area contributed by atoms with Gasteiger partial charge in [0.15, 0.2) is 0 Å². The van der Waals surface area contributed by atoms with E-state index >= 15 is 0 Å². The van der Waals surface area contributed by atoms with Gasteiger partial charge in [-0.2, -0.15) is 0 Å². The van der Waals surface area contributed by atoms with E-state index in [9.17, 15) is 4.79 Å². The van der Waals surface area contributed by atoms with E-state index in [4.69, 9.17) is 5.73 Å². The van der Waals surface area contributed by atoms with Gasteiger partial charge in [-0.25, -0.2) is 0 Å². The smallest absolute Gasteiger partial charge is 0.149 e. The predicted octanol–water partition coefficient (Wildman–Crippen LogP) is 2.82. The molecule has 2 N–H and O–H groups in total. The molecule has 1 saturated carbocycles. The summed E-state index contributed by atoms with van der Waals surface area (Å²) in [5.74, 6) is 0.905. The van der Waals surface area contributed by atoms with Crippen LogP contribution in [0.3, 0.4) is 0 Å². The van der Waals surface area contributed by atoms with Crippen LogP contribution in [-0.4, -0.2) is 11.8 Å². The first kappa shape index (κ1) is 12.4. The summed E-state index contributed by atoms with van der Waals surface area (Å²) in [6.07, 6.45) is 10.5. The highest BCUT2D eigenvalue weighted by Gasteiger charge is 2.20. The third-order valence-corrected chi connectivity index (χ3v) is 3.32. The Morgan fingerprint density at radius 1 is 1.40 bits per heavy atom. The van der Waals surface area contributed by atoms with Crippen LogP contribution in [0.2, 0.25) is 0 Å². The summed E-state index contributed by atoms with van der Waals surface area (Å²) in [5.41, 5.74) is 5.90. The molecular formula is C13H23NO. The van der Waals surface area contributed by atoms with Crippen molar-refractivity contribution in [2.45, 2.75) is 57.4 Å². The van der Waals surface area contributed by atoms with E-state index in [1.54, 1.807) is 6.08 Å². The quantitative estimate of drug-likeness (QED) is 0.683. The van der Waals surface area contributed by atoms with Crippen LogP contribution in [0.15, 0.2) is 12.7 Å². The van der Waals surface area contributed by atoms with Gasteiger partial charge < -0.3 is 5.73 Å². The van der Waals surface area contributed by atoms with E-state index in [0.717, 1.165) is 12.8 Å². The van der Waals surface area contributed by atoms with Crippen molar-refractivity contribution in [1.82, 2.24) is 0 Å². The van der Waals surface area contributed by atoms with Crippen LogP contribution in [0.4, 0.5) is 0 Å². The second-order valence-electron chi connectivity index (χ2n) is 4.64. The maximum Gasteiger partial charge on any atom is 0.149 e. The number of Topliss-reactive ketones (excluding diaryl/α,β-unsaturated/α-hetero) is 1. The minimum atomic E-state index is -0.229. The molecule has 0 aromatic heterocycles. The Labute approximate surface area is 92.9 Å². The summed E-state index contributed by atoms with van der Waals surface area (Å²) in [6.45, 7) is 3.61. The molecule has 0 aromatic carbocycles. The van der Waals surface area contributed by atoms with Crippen molar-refractivity contribution >= 4 is 5.78 Å². The number of carbonyl (C=O) groups excluding carboxylic acids is 1. The van der Waals surface area contributed by atoms with Crippen LogP contribution in [0.5, 0.6) is 0 Å². The maximum atomic E-state index is 11.6. The normalized spacial score (nSPS) is 19.8. The van der Waals surface area contributed by atoms with Crippen molar-refractivity contribution in [2.75, 3.05) is 0 Å². The summed E-state index contributed by atoms with van der Waals surface area (Å²) in [5, 5.41) is 0. The van der Waals surface area contributed by atoms with Gasteiger partial charge in [0.25, 0.3) is 0 Å². The van der Waals surface area contributed by atoms with Gasteiger partial charge in [0.2, 0.25) is 0 Å². The molecule has 0 bridgehead atoms. The Bertz CT molecular complexity index is 207. The van der Waals surface area contributed by atoms with Gasteiger partial charge in [0.1, 0.15) is 5.78 Å². The van der Waals surface area contributed by atoms with Crippen LogP contribution < -0.4 is 5.73 Å². The first-order chi connectivity index (χ1) is 7.24. The largest absolute Gasteiger partial charge is 0.322 e. The van der Waals surface area contributed by atoms with E-state index in [0.29, 0.717) is 12.3 Å². The number of ketones is 1. The Hall–Kier alpha value is -0.630. The lowest BCUT2D eigenvalue weighted by Crippen LogP contribution is -2.33. The molecule has 1 atom stereocenters. The molecular weight excluding hydrogens is 186 g/mol. The number of hydrogen-bond acceptors (Lipinski definition) is 2. The average molecular weight is 209 g/mol. The number of nitrogens with two attached hydrogens (primary N) is 1. The molecule has 0 heterocycles. The van der Waals surface area contributed by atoms with Gasteiger partial charge in [0.05, 0.1) is 6.04 Å². The molecule has 1 unspecified atom stereocenters. The summed E-state index contributed by atoms with van der Waals surface area (Å²) >= 11 is 0. The Morgan fingerprint density at radius 3 is 2.67 bits per heavy atom. The van der Waals surface area contributed by atoms with Gasteiger partial charge >= 0.3 is 0 Å². The first-order valence-electron chi connectivity index (χ1n) is 6.13. The Balaban J connectivity index is 2.23. The molecule has 86 valence electrons. The van der Waals surface area contributed by atoms with Gasteiger partial charge in [-0.1, -0.05) is 38.2 Å². The van der Waals surface area contributed by atoms with E-state index in [1.165, 1.54) is 32.1 Å². The number of allylic oxidation sites excluding steroid dienone is 1.